The smallest absolute Gasteiger partial charge is 0.0314 e. The lowest BCUT2D eigenvalue weighted by atomic mass is 9.88. The van der Waals surface area contributed by atoms with Crippen LogP contribution in [0.3, 0.4) is 0 Å². The van der Waals surface area contributed by atoms with Crippen molar-refractivity contribution in [2.75, 3.05) is 18.8 Å². The number of rotatable bonds is 5. The molecule has 0 saturated carbocycles. The van der Waals surface area contributed by atoms with E-state index in [4.69, 9.17) is 17.2 Å². The van der Waals surface area contributed by atoms with E-state index >= 15 is 0 Å². The minimum absolute atomic E-state index is 0.405. The van der Waals surface area contributed by atoms with Crippen LogP contribution in [-0.2, 0) is 6.42 Å². The number of hydrogen-bond donors (Lipinski definition) is 3. The van der Waals surface area contributed by atoms with Crippen molar-refractivity contribution in [1.29, 1.82) is 0 Å². The van der Waals surface area contributed by atoms with Gasteiger partial charge in [0.1, 0.15) is 0 Å². The van der Waals surface area contributed by atoms with Gasteiger partial charge >= 0.3 is 0 Å². The minimum Gasteiger partial charge on any atom is -0.399 e. The molecule has 0 aliphatic heterocycles. The fourth-order valence-electron chi connectivity index (χ4n) is 1.75. The molecule has 1 aromatic carbocycles. The van der Waals surface area contributed by atoms with Crippen LogP contribution in [0.25, 0.3) is 0 Å². The Morgan fingerprint density at radius 2 is 1.60 bits per heavy atom. The monoisotopic (exact) mass is 207 g/mol. The average molecular weight is 207 g/mol. The average Bonchev–Trinajstić information content (AvgIpc) is 2.23. The maximum atomic E-state index is 5.66. The molecular formula is C12H21N3. The summed E-state index contributed by atoms with van der Waals surface area (Å²) in [5, 5.41) is 0. The molecule has 0 saturated heterocycles. The van der Waals surface area contributed by atoms with Gasteiger partial charge in [-0.15, -0.1) is 0 Å². The van der Waals surface area contributed by atoms with Crippen LogP contribution in [0.15, 0.2) is 24.3 Å². The minimum atomic E-state index is 0.405. The van der Waals surface area contributed by atoms with Gasteiger partial charge < -0.3 is 17.2 Å². The molecule has 0 bridgehead atoms. The Bertz CT molecular complexity index is 277. The summed E-state index contributed by atoms with van der Waals surface area (Å²) in [6.45, 7) is 3.51. The fraction of sp³-hybridized carbons (Fsp3) is 0.500. The van der Waals surface area contributed by atoms with Gasteiger partial charge in [0.05, 0.1) is 0 Å². The van der Waals surface area contributed by atoms with Crippen LogP contribution in [0.1, 0.15) is 12.5 Å². The summed E-state index contributed by atoms with van der Waals surface area (Å²) in [5.74, 6) is 0.922. The van der Waals surface area contributed by atoms with E-state index in [1.165, 1.54) is 5.56 Å². The molecule has 1 atom stereocenters. The topological polar surface area (TPSA) is 78.1 Å². The lowest BCUT2D eigenvalue weighted by molar-refractivity contribution is 0.372. The van der Waals surface area contributed by atoms with Crippen molar-refractivity contribution in [3.63, 3.8) is 0 Å². The fourth-order valence-corrected chi connectivity index (χ4v) is 1.75. The molecule has 84 valence electrons. The summed E-state index contributed by atoms with van der Waals surface area (Å²) in [4.78, 5) is 0. The van der Waals surface area contributed by atoms with Gasteiger partial charge in [0.25, 0.3) is 0 Å². The van der Waals surface area contributed by atoms with Crippen molar-refractivity contribution in [3.8, 4) is 0 Å². The Balaban J connectivity index is 2.57. The highest BCUT2D eigenvalue weighted by Gasteiger charge is 2.14. The van der Waals surface area contributed by atoms with Crippen LogP contribution in [0.2, 0.25) is 0 Å². The predicted molar refractivity (Wildman–Crippen MR) is 65.3 cm³/mol. The second-order valence-electron chi connectivity index (χ2n) is 4.15. The number of hydrogen-bond acceptors (Lipinski definition) is 3. The third-order valence-corrected chi connectivity index (χ3v) is 2.95. The molecule has 1 unspecified atom stereocenters. The zero-order chi connectivity index (χ0) is 11.3. The van der Waals surface area contributed by atoms with Crippen LogP contribution in [0.5, 0.6) is 0 Å². The van der Waals surface area contributed by atoms with Gasteiger partial charge in [-0.2, -0.15) is 0 Å². The zero-order valence-corrected chi connectivity index (χ0v) is 9.32. The molecule has 15 heavy (non-hydrogen) atoms. The Morgan fingerprint density at radius 1 is 1.07 bits per heavy atom. The summed E-state index contributed by atoms with van der Waals surface area (Å²) in [6, 6.07) is 8.00. The molecule has 3 nitrogen and oxygen atoms in total. The maximum absolute atomic E-state index is 5.66. The number of nitrogens with two attached hydrogens (primary N) is 3. The van der Waals surface area contributed by atoms with E-state index in [2.05, 4.69) is 19.1 Å². The number of nitrogen functional groups attached to an aromatic ring is 1. The largest absolute Gasteiger partial charge is 0.399 e. The molecular weight excluding hydrogens is 186 g/mol. The van der Waals surface area contributed by atoms with E-state index in [0.29, 0.717) is 24.9 Å². The lowest BCUT2D eigenvalue weighted by Crippen LogP contribution is -2.30. The second-order valence-corrected chi connectivity index (χ2v) is 4.15. The first-order valence-corrected chi connectivity index (χ1v) is 5.42. The lowest BCUT2D eigenvalue weighted by Gasteiger charge is -2.20. The van der Waals surface area contributed by atoms with Crippen LogP contribution < -0.4 is 17.2 Å². The van der Waals surface area contributed by atoms with Crippen molar-refractivity contribution in [1.82, 2.24) is 0 Å². The molecule has 1 aromatic rings. The molecule has 0 heterocycles. The molecule has 0 spiro atoms. The predicted octanol–water partition coefficient (Wildman–Crippen LogP) is 0.981. The van der Waals surface area contributed by atoms with Crippen LogP contribution in [0.4, 0.5) is 5.69 Å². The zero-order valence-electron chi connectivity index (χ0n) is 9.32. The van der Waals surface area contributed by atoms with Crippen LogP contribution >= 0.6 is 0 Å². The van der Waals surface area contributed by atoms with E-state index in [1.54, 1.807) is 0 Å². The van der Waals surface area contributed by atoms with Gasteiger partial charge in [-0.05, 0) is 49.0 Å². The third kappa shape index (κ3) is 3.53. The SMILES string of the molecule is CC(Cc1ccc(N)cc1)C(CN)CN. The molecule has 3 heteroatoms. The van der Waals surface area contributed by atoms with E-state index in [1.807, 2.05) is 12.1 Å². The van der Waals surface area contributed by atoms with Crippen molar-refractivity contribution in [2.45, 2.75) is 13.3 Å². The van der Waals surface area contributed by atoms with Gasteiger partial charge in [0, 0.05) is 5.69 Å². The number of benzene rings is 1. The van der Waals surface area contributed by atoms with Crippen molar-refractivity contribution in [3.05, 3.63) is 29.8 Å². The van der Waals surface area contributed by atoms with Crippen molar-refractivity contribution < 1.29 is 0 Å². The summed E-state index contributed by atoms with van der Waals surface area (Å²) < 4.78 is 0. The molecule has 0 amide bonds. The Labute approximate surface area is 91.6 Å². The van der Waals surface area contributed by atoms with E-state index in [0.717, 1.165) is 12.1 Å². The number of anilines is 1. The standard InChI is InChI=1S/C12H21N3/c1-9(11(7-13)8-14)6-10-2-4-12(15)5-3-10/h2-5,9,11H,6-8,13-15H2,1H3. The van der Waals surface area contributed by atoms with E-state index in [-0.39, 0.29) is 0 Å². The first-order valence-electron chi connectivity index (χ1n) is 5.42. The molecule has 0 fully saturated rings. The summed E-state index contributed by atoms with van der Waals surface area (Å²) in [6.07, 6.45) is 1.01. The van der Waals surface area contributed by atoms with Gasteiger partial charge in [-0.3, -0.25) is 0 Å². The van der Waals surface area contributed by atoms with Crippen LogP contribution in [-0.4, -0.2) is 13.1 Å². The maximum Gasteiger partial charge on any atom is 0.0314 e. The van der Waals surface area contributed by atoms with Gasteiger partial charge in [-0.1, -0.05) is 19.1 Å². The highest BCUT2D eigenvalue weighted by atomic mass is 14.6. The second kappa shape index (κ2) is 5.73. The highest BCUT2D eigenvalue weighted by molar-refractivity contribution is 5.39. The van der Waals surface area contributed by atoms with Gasteiger partial charge in [0.15, 0.2) is 0 Å². The first-order chi connectivity index (χ1) is 7.17. The Morgan fingerprint density at radius 3 is 2.07 bits per heavy atom. The molecule has 0 aliphatic rings. The molecule has 1 rings (SSSR count). The molecule has 0 aliphatic carbocycles. The van der Waals surface area contributed by atoms with Gasteiger partial charge in [-0.25, -0.2) is 0 Å². The molecule has 0 aromatic heterocycles. The van der Waals surface area contributed by atoms with E-state index in [9.17, 15) is 0 Å². The quantitative estimate of drug-likeness (QED) is 0.630. The van der Waals surface area contributed by atoms with Crippen molar-refractivity contribution >= 4 is 5.69 Å². The normalized spacial score (nSPS) is 13.1. The molecule has 6 N–H and O–H groups in total. The highest BCUT2D eigenvalue weighted by Crippen LogP contribution is 2.16. The first kappa shape index (κ1) is 12.0. The summed E-state index contributed by atoms with van der Waals surface area (Å²) in [7, 11) is 0. The Hall–Kier alpha value is -1.06. The van der Waals surface area contributed by atoms with Crippen molar-refractivity contribution in [2.24, 2.45) is 23.3 Å². The summed E-state index contributed by atoms with van der Waals surface area (Å²) in [5.41, 5.74) is 19.1. The third-order valence-electron chi connectivity index (χ3n) is 2.95. The van der Waals surface area contributed by atoms with Crippen LogP contribution in [0, 0.1) is 11.8 Å². The molecule has 0 radical (unpaired) electrons. The Kier molecular flexibility index (Phi) is 4.59. The van der Waals surface area contributed by atoms with E-state index < -0.39 is 0 Å². The summed E-state index contributed by atoms with van der Waals surface area (Å²) >= 11 is 0. The van der Waals surface area contributed by atoms with Gasteiger partial charge in [0.2, 0.25) is 0 Å².